The molecule has 0 radical (unpaired) electrons. The van der Waals surface area contributed by atoms with Crippen molar-refractivity contribution < 1.29 is 8.42 Å². The Balaban J connectivity index is 2.25. The number of hydrogen-bond acceptors (Lipinski definition) is 5. The van der Waals surface area contributed by atoms with Crippen molar-refractivity contribution in [3.63, 3.8) is 0 Å². The van der Waals surface area contributed by atoms with Gasteiger partial charge in [0.15, 0.2) is 9.84 Å². The molecule has 1 atom stereocenters. The molecule has 92 valence electrons. The molecule has 1 unspecified atom stereocenters. The van der Waals surface area contributed by atoms with E-state index in [9.17, 15) is 13.7 Å². The first kappa shape index (κ1) is 12.5. The topological polar surface area (TPSA) is 70.8 Å². The van der Waals surface area contributed by atoms with Crippen LogP contribution in [0.4, 0.5) is 0 Å². The third kappa shape index (κ3) is 2.50. The molecule has 0 N–H and O–H groups in total. The molecule has 1 aliphatic heterocycles. The average molecular weight is 270 g/mol. The van der Waals surface area contributed by atoms with Gasteiger partial charge in [-0.25, -0.2) is 13.4 Å². The van der Waals surface area contributed by atoms with Crippen LogP contribution in [0.25, 0.3) is 0 Å². The standard InChI is InChI=1S/C11H14N2O2S2/c1-8-9(2)16-10(13-8)5-11(6-12)3-4-17(14,15)7-11/h3-5,7H2,1-2H3. The normalized spacial score (nSPS) is 26.9. The van der Waals surface area contributed by atoms with E-state index in [4.69, 9.17) is 0 Å². The number of aromatic nitrogens is 1. The van der Waals surface area contributed by atoms with Gasteiger partial charge < -0.3 is 0 Å². The molecule has 0 aromatic carbocycles. The fourth-order valence-corrected chi connectivity index (χ4v) is 5.16. The van der Waals surface area contributed by atoms with Crippen LogP contribution < -0.4 is 0 Å². The minimum Gasteiger partial charge on any atom is -0.246 e. The molecule has 6 heteroatoms. The highest BCUT2D eigenvalue weighted by molar-refractivity contribution is 7.91. The predicted molar refractivity (Wildman–Crippen MR) is 66.6 cm³/mol. The first-order chi connectivity index (χ1) is 7.86. The van der Waals surface area contributed by atoms with Crippen molar-refractivity contribution in [3.05, 3.63) is 15.6 Å². The molecule has 2 rings (SSSR count). The summed E-state index contributed by atoms with van der Waals surface area (Å²) in [4.78, 5) is 5.52. The van der Waals surface area contributed by atoms with Gasteiger partial charge in [-0.05, 0) is 20.3 Å². The lowest BCUT2D eigenvalue weighted by molar-refractivity contribution is 0.450. The molecule has 1 aromatic heterocycles. The monoisotopic (exact) mass is 270 g/mol. The molecular formula is C11H14N2O2S2. The molecule has 2 heterocycles. The fourth-order valence-electron chi connectivity index (χ4n) is 2.09. The SMILES string of the molecule is Cc1nc(CC2(C#N)CCS(=O)(=O)C2)sc1C. The number of nitriles is 1. The summed E-state index contributed by atoms with van der Waals surface area (Å²) in [5, 5.41) is 10.1. The van der Waals surface area contributed by atoms with Crippen molar-refractivity contribution in [1.29, 1.82) is 5.26 Å². The molecule has 1 saturated heterocycles. The van der Waals surface area contributed by atoms with Crippen molar-refractivity contribution in [2.45, 2.75) is 26.7 Å². The van der Waals surface area contributed by atoms with Crippen LogP contribution in [0, 0.1) is 30.6 Å². The molecule has 0 aliphatic carbocycles. The van der Waals surface area contributed by atoms with E-state index in [0.717, 1.165) is 15.6 Å². The van der Waals surface area contributed by atoms with Crippen molar-refractivity contribution in [3.8, 4) is 6.07 Å². The Morgan fingerprint density at radius 1 is 1.53 bits per heavy atom. The van der Waals surface area contributed by atoms with Crippen molar-refractivity contribution in [2.75, 3.05) is 11.5 Å². The van der Waals surface area contributed by atoms with E-state index in [-0.39, 0.29) is 11.5 Å². The zero-order valence-electron chi connectivity index (χ0n) is 9.86. The summed E-state index contributed by atoms with van der Waals surface area (Å²) < 4.78 is 23.0. The number of sulfone groups is 1. The minimum atomic E-state index is -3.04. The zero-order chi connectivity index (χ0) is 12.7. The maximum absolute atomic E-state index is 11.5. The Labute approximate surface area is 105 Å². The quantitative estimate of drug-likeness (QED) is 0.819. The third-order valence-corrected chi connectivity index (χ3v) is 6.08. The van der Waals surface area contributed by atoms with Crippen LogP contribution in [-0.2, 0) is 16.3 Å². The maximum atomic E-state index is 11.5. The van der Waals surface area contributed by atoms with Crippen molar-refractivity contribution in [2.24, 2.45) is 5.41 Å². The Morgan fingerprint density at radius 2 is 2.24 bits per heavy atom. The second-order valence-electron chi connectivity index (χ2n) is 4.66. The van der Waals surface area contributed by atoms with E-state index >= 15 is 0 Å². The fraction of sp³-hybridized carbons (Fsp3) is 0.636. The van der Waals surface area contributed by atoms with Gasteiger partial charge in [-0.1, -0.05) is 0 Å². The first-order valence-electron chi connectivity index (χ1n) is 5.40. The van der Waals surface area contributed by atoms with Gasteiger partial charge in [-0.2, -0.15) is 5.26 Å². The predicted octanol–water partition coefficient (Wildman–Crippen LogP) is 1.63. The molecule has 0 spiro atoms. The number of thiazole rings is 1. The zero-order valence-corrected chi connectivity index (χ0v) is 11.5. The largest absolute Gasteiger partial charge is 0.246 e. The van der Waals surface area contributed by atoms with Gasteiger partial charge >= 0.3 is 0 Å². The lowest BCUT2D eigenvalue weighted by atomic mass is 9.86. The summed E-state index contributed by atoms with van der Waals surface area (Å²) in [6, 6.07) is 2.20. The molecule has 1 aromatic rings. The van der Waals surface area contributed by atoms with E-state index in [1.54, 1.807) is 11.3 Å². The Hall–Kier alpha value is -0.930. The highest BCUT2D eigenvalue weighted by atomic mass is 32.2. The lowest BCUT2D eigenvalue weighted by Gasteiger charge is -2.16. The second-order valence-corrected chi connectivity index (χ2v) is 8.13. The molecule has 1 aliphatic rings. The smallest absolute Gasteiger partial charge is 0.151 e. The molecule has 0 amide bonds. The minimum absolute atomic E-state index is 0.0197. The van der Waals surface area contributed by atoms with Crippen LogP contribution in [0.5, 0.6) is 0 Å². The van der Waals surface area contributed by atoms with Crippen LogP contribution in [0.15, 0.2) is 0 Å². The van der Waals surface area contributed by atoms with Gasteiger partial charge in [0, 0.05) is 11.3 Å². The van der Waals surface area contributed by atoms with E-state index in [1.807, 2.05) is 13.8 Å². The summed E-state index contributed by atoms with van der Waals surface area (Å²) in [6.07, 6.45) is 0.894. The third-order valence-electron chi connectivity index (χ3n) is 3.19. The van der Waals surface area contributed by atoms with Crippen molar-refractivity contribution >= 4 is 21.2 Å². The van der Waals surface area contributed by atoms with E-state index in [1.165, 1.54) is 0 Å². The van der Waals surface area contributed by atoms with E-state index in [0.29, 0.717) is 12.8 Å². The van der Waals surface area contributed by atoms with Gasteiger partial charge in [0.2, 0.25) is 0 Å². The Kier molecular flexibility index (Phi) is 3.00. The number of hydrogen-bond donors (Lipinski definition) is 0. The van der Waals surface area contributed by atoms with Crippen molar-refractivity contribution in [1.82, 2.24) is 4.98 Å². The molecule has 0 saturated carbocycles. The van der Waals surface area contributed by atoms with Gasteiger partial charge in [0.05, 0.1) is 33.7 Å². The van der Waals surface area contributed by atoms with Crippen LogP contribution in [0.2, 0.25) is 0 Å². The maximum Gasteiger partial charge on any atom is 0.151 e. The van der Waals surface area contributed by atoms with E-state index < -0.39 is 15.3 Å². The number of nitrogens with zero attached hydrogens (tertiary/aromatic N) is 2. The Morgan fingerprint density at radius 3 is 2.65 bits per heavy atom. The molecule has 4 nitrogen and oxygen atoms in total. The lowest BCUT2D eigenvalue weighted by Crippen LogP contribution is -2.23. The first-order valence-corrected chi connectivity index (χ1v) is 8.04. The number of rotatable bonds is 2. The van der Waals surface area contributed by atoms with Gasteiger partial charge in [0.25, 0.3) is 0 Å². The summed E-state index contributed by atoms with van der Waals surface area (Å²) in [5.41, 5.74) is 0.217. The highest BCUT2D eigenvalue weighted by Crippen LogP contribution is 2.36. The van der Waals surface area contributed by atoms with Crippen LogP contribution in [0.3, 0.4) is 0 Å². The molecule has 0 bridgehead atoms. The molecular weight excluding hydrogens is 256 g/mol. The molecule has 1 fully saturated rings. The van der Waals surface area contributed by atoms with Crippen LogP contribution >= 0.6 is 11.3 Å². The van der Waals surface area contributed by atoms with Crippen LogP contribution in [0.1, 0.15) is 22.0 Å². The summed E-state index contributed by atoms with van der Waals surface area (Å²) >= 11 is 1.56. The molecule has 17 heavy (non-hydrogen) atoms. The van der Waals surface area contributed by atoms with Gasteiger partial charge in [-0.3, -0.25) is 0 Å². The average Bonchev–Trinajstić information content (AvgIpc) is 2.69. The van der Waals surface area contributed by atoms with Gasteiger partial charge in [0.1, 0.15) is 0 Å². The van der Waals surface area contributed by atoms with E-state index in [2.05, 4.69) is 11.1 Å². The summed E-state index contributed by atoms with van der Waals surface area (Å²) in [6.45, 7) is 3.92. The second kappa shape index (κ2) is 4.07. The van der Waals surface area contributed by atoms with Crippen LogP contribution in [-0.4, -0.2) is 24.9 Å². The summed E-state index contributed by atoms with van der Waals surface area (Å²) in [5.74, 6) is 0.109. The Bertz CT molecular complexity index is 564. The van der Waals surface area contributed by atoms with Gasteiger partial charge in [-0.15, -0.1) is 11.3 Å². The summed E-state index contributed by atoms with van der Waals surface area (Å²) in [7, 11) is -3.04. The number of aryl methyl sites for hydroxylation is 2. The highest BCUT2D eigenvalue weighted by Gasteiger charge is 2.43.